The number of sulfone groups is 1. The molecule has 0 atom stereocenters. The Morgan fingerprint density at radius 3 is 2.71 bits per heavy atom. The van der Waals surface area contributed by atoms with E-state index in [0.717, 1.165) is 22.1 Å². The third-order valence-corrected chi connectivity index (χ3v) is 5.55. The summed E-state index contributed by atoms with van der Waals surface area (Å²) in [5.74, 6) is 0.153. The molecule has 0 spiro atoms. The van der Waals surface area contributed by atoms with Crippen LogP contribution in [0.25, 0.3) is 22.1 Å². The molecule has 1 N–H and O–H groups in total. The number of hydrogen-bond donors (Lipinski definition) is 1. The Bertz CT molecular complexity index is 941. The number of hydrogen-bond acceptors (Lipinski definition) is 4. The van der Waals surface area contributed by atoms with E-state index in [1.165, 1.54) is 0 Å². The number of nitrogens with one attached hydrogen (secondary N) is 1. The molecule has 0 radical (unpaired) electrons. The fourth-order valence-electron chi connectivity index (χ4n) is 2.70. The van der Waals surface area contributed by atoms with Crippen LogP contribution < -0.4 is 5.32 Å². The smallest absolute Gasteiger partial charge is 0.182 e. The molecule has 21 heavy (non-hydrogen) atoms. The lowest BCUT2D eigenvalue weighted by Crippen LogP contribution is -2.23. The molecule has 0 saturated carbocycles. The Morgan fingerprint density at radius 1 is 1.00 bits per heavy atom. The van der Waals surface area contributed by atoms with Gasteiger partial charge in [0.25, 0.3) is 0 Å². The summed E-state index contributed by atoms with van der Waals surface area (Å²) in [6.07, 6.45) is 1.66. The van der Waals surface area contributed by atoms with Crippen LogP contribution in [0.2, 0.25) is 0 Å². The topological polar surface area (TPSA) is 59.3 Å². The summed E-state index contributed by atoms with van der Waals surface area (Å²) >= 11 is 0. The molecule has 0 amide bonds. The van der Waals surface area contributed by atoms with Crippen LogP contribution >= 0.6 is 0 Å². The van der Waals surface area contributed by atoms with E-state index in [2.05, 4.69) is 5.32 Å². The lowest BCUT2D eigenvalue weighted by atomic mass is 10.0. The summed E-state index contributed by atoms with van der Waals surface area (Å²) in [4.78, 5) is 0.391. The molecule has 2 heterocycles. The zero-order valence-corrected chi connectivity index (χ0v) is 12.0. The molecular formula is C16H13NO3S. The van der Waals surface area contributed by atoms with Crippen molar-refractivity contribution in [3.63, 3.8) is 0 Å². The maximum Gasteiger partial charge on any atom is 0.182 e. The van der Waals surface area contributed by atoms with Gasteiger partial charge in [-0.05, 0) is 41.5 Å². The van der Waals surface area contributed by atoms with E-state index >= 15 is 0 Å². The van der Waals surface area contributed by atoms with E-state index in [-0.39, 0.29) is 5.75 Å². The van der Waals surface area contributed by atoms with Crippen molar-refractivity contribution in [3.8, 4) is 11.1 Å². The number of anilines is 1. The number of benzene rings is 2. The molecule has 1 aliphatic rings. The molecule has 1 aliphatic heterocycles. The Labute approximate surface area is 122 Å². The number of furan rings is 1. The standard InChI is InChI=1S/C16H13NO3S/c18-21(19)8-6-17-14-10-12(2-4-16(14)21)11-1-3-15-13(9-11)5-7-20-15/h1-5,7,9-10,17H,6,8H2. The lowest BCUT2D eigenvalue weighted by molar-refractivity contribution is 0.595. The fourth-order valence-corrected chi connectivity index (χ4v) is 4.03. The molecular weight excluding hydrogens is 286 g/mol. The molecule has 4 rings (SSSR count). The Kier molecular flexibility index (Phi) is 2.59. The van der Waals surface area contributed by atoms with Gasteiger partial charge < -0.3 is 9.73 Å². The predicted molar refractivity (Wildman–Crippen MR) is 82.2 cm³/mol. The van der Waals surface area contributed by atoms with E-state index in [1.54, 1.807) is 12.3 Å². The maximum atomic E-state index is 12.0. The van der Waals surface area contributed by atoms with E-state index in [4.69, 9.17) is 4.42 Å². The molecule has 0 saturated heterocycles. The van der Waals surface area contributed by atoms with Crippen LogP contribution in [0.5, 0.6) is 0 Å². The molecule has 5 heteroatoms. The van der Waals surface area contributed by atoms with Crippen LogP contribution in [-0.2, 0) is 9.84 Å². The second-order valence-electron chi connectivity index (χ2n) is 5.13. The lowest BCUT2D eigenvalue weighted by Gasteiger charge is -2.19. The van der Waals surface area contributed by atoms with Crippen molar-refractivity contribution in [2.45, 2.75) is 4.90 Å². The van der Waals surface area contributed by atoms with Crippen molar-refractivity contribution in [2.75, 3.05) is 17.6 Å². The van der Waals surface area contributed by atoms with E-state index in [0.29, 0.717) is 17.1 Å². The molecule has 0 aliphatic carbocycles. The van der Waals surface area contributed by atoms with Gasteiger partial charge in [-0.2, -0.15) is 0 Å². The van der Waals surface area contributed by atoms with Crippen LogP contribution in [0.3, 0.4) is 0 Å². The molecule has 3 aromatic rings. The van der Waals surface area contributed by atoms with E-state index < -0.39 is 9.84 Å². The molecule has 2 aromatic carbocycles. The van der Waals surface area contributed by atoms with E-state index in [9.17, 15) is 8.42 Å². The zero-order valence-electron chi connectivity index (χ0n) is 11.2. The molecule has 0 bridgehead atoms. The van der Waals surface area contributed by atoms with Crippen LogP contribution in [0.4, 0.5) is 5.69 Å². The first-order chi connectivity index (χ1) is 10.1. The van der Waals surface area contributed by atoms with Crippen molar-refractivity contribution in [1.82, 2.24) is 0 Å². The summed E-state index contributed by atoms with van der Waals surface area (Å²) in [6.45, 7) is 0.458. The first-order valence-corrected chi connectivity index (χ1v) is 8.37. The molecule has 1 aromatic heterocycles. The maximum absolute atomic E-state index is 12.0. The normalized spacial score (nSPS) is 16.4. The van der Waals surface area contributed by atoms with Crippen molar-refractivity contribution in [3.05, 3.63) is 48.7 Å². The Hall–Kier alpha value is -2.27. The summed E-state index contributed by atoms with van der Waals surface area (Å²) < 4.78 is 29.4. The summed E-state index contributed by atoms with van der Waals surface area (Å²) in [6, 6.07) is 13.3. The van der Waals surface area contributed by atoms with Gasteiger partial charge in [0.2, 0.25) is 0 Å². The second-order valence-corrected chi connectivity index (χ2v) is 7.21. The van der Waals surface area contributed by atoms with Crippen molar-refractivity contribution < 1.29 is 12.8 Å². The van der Waals surface area contributed by atoms with Gasteiger partial charge in [-0.25, -0.2) is 8.42 Å². The minimum atomic E-state index is -3.14. The van der Waals surface area contributed by atoms with Gasteiger partial charge in [-0.1, -0.05) is 12.1 Å². The van der Waals surface area contributed by atoms with Crippen LogP contribution in [0, 0.1) is 0 Å². The van der Waals surface area contributed by atoms with Crippen molar-refractivity contribution in [1.29, 1.82) is 0 Å². The molecule has 106 valence electrons. The zero-order chi connectivity index (χ0) is 14.4. The fraction of sp³-hybridized carbons (Fsp3) is 0.125. The predicted octanol–water partition coefficient (Wildman–Crippen LogP) is 3.30. The third kappa shape index (κ3) is 2.01. The van der Waals surface area contributed by atoms with Crippen LogP contribution in [-0.4, -0.2) is 20.7 Å². The average Bonchev–Trinajstić information content (AvgIpc) is 2.94. The van der Waals surface area contributed by atoms with Gasteiger partial charge in [0, 0.05) is 11.9 Å². The average molecular weight is 299 g/mol. The summed E-state index contributed by atoms with van der Waals surface area (Å²) in [5.41, 5.74) is 3.56. The van der Waals surface area contributed by atoms with Crippen LogP contribution in [0.15, 0.2) is 58.0 Å². The van der Waals surface area contributed by atoms with Gasteiger partial charge in [0.15, 0.2) is 9.84 Å². The van der Waals surface area contributed by atoms with Gasteiger partial charge >= 0.3 is 0 Å². The summed E-state index contributed by atoms with van der Waals surface area (Å²) in [7, 11) is -3.14. The SMILES string of the molecule is O=S1(=O)CCNc2cc(-c3ccc4occc4c3)ccc21. The van der Waals surface area contributed by atoms with Gasteiger partial charge in [-0.3, -0.25) is 0 Å². The highest BCUT2D eigenvalue weighted by Crippen LogP contribution is 2.32. The quantitative estimate of drug-likeness (QED) is 0.749. The Balaban J connectivity index is 1.86. The summed E-state index contributed by atoms with van der Waals surface area (Å²) in [5, 5.41) is 4.20. The van der Waals surface area contributed by atoms with E-state index in [1.807, 2.05) is 36.4 Å². The first kappa shape index (κ1) is 12.5. The Morgan fingerprint density at radius 2 is 1.81 bits per heavy atom. The molecule has 4 nitrogen and oxygen atoms in total. The first-order valence-electron chi connectivity index (χ1n) is 6.72. The second kappa shape index (κ2) is 4.36. The third-order valence-electron chi connectivity index (χ3n) is 3.79. The van der Waals surface area contributed by atoms with Gasteiger partial charge in [-0.15, -0.1) is 0 Å². The number of fused-ring (bicyclic) bond motifs is 2. The number of rotatable bonds is 1. The highest BCUT2D eigenvalue weighted by Gasteiger charge is 2.23. The molecule has 0 fully saturated rings. The monoisotopic (exact) mass is 299 g/mol. The minimum absolute atomic E-state index is 0.153. The highest BCUT2D eigenvalue weighted by molar-refractivity contribution is 7.91. The van der Waals surface area contributed by atoms with Crippen LogP contribution in [0.1, 0.15) is 0 Å². The highest BCUT2D eigenvalue weighted by atomic mass is 32.2. The largest absolute Gasteiger partial charge is 0.464 e. The molecule has 0 unspecified atom stereocenters. The van der Waals surface area contributed by atoms with Crippen molar-refractivity contribution >= 4 is 26.5 Å². The minimum Gasteiger partial charge on any atom is -0.464 e. The van der Waals surface area contributed by atoms with Crippen molar-refractivity contribution in [2.24, 2.45) is 0 Å². The van der Waals surface area contributed by atoms with Gasteiger partial charge in [0.1, 0.15) is 5.58 Å². The van der Waals surface area contributed by atoms with Gasteiger partial charge in [0.05, 0.1) is 22.6 Å².